The second-order valence-corrected chi connectivity index (χ2v) is 24.4. The van der Waals surface area contributed by atoms with Crippen LogP contribution in [-0.4, -0.2) is 59.0 Å². The molecular formula is C66H122ClN3O3. The van der Waals surface area contributed by atoms with Crippen molar-refractivity contribution in [1.82, 2.24) is 14.8 Å². The van der Waals surface area contributed by atoms with Gasteiger partial charge in [0.15, 0.2) is 0 Å². The summed E-state index contributed by atoms with van der Waals surface area (Å²) in [6.45, 7) is 1.34. The fourth-order valence-electron chi connectivity index (χ4n) is 12.9. The number of hydrogen-bond donors (Lipinski definition) is 1. The molecule has 0 radical (unpaired) electrons. The minimum Gasteiger partial charge on any atom is -0.481 e. The van der Waals surface area contributed by atoms with E-state index in [1.54, 1.807) is 0 Å². The molecular weight excluding hydrogens is 918 g/mol. The van der Waals surface area contributed by atoms with Crippen LogP contribution in [0.1, 0.15) is 346 Å². The number of carbonyl (C=O) groups is 2. The molecule has 73 heavy (non-hydrogen) atoms. The van der Waals surface area contributed by atoms with Crippen molar-refractivity contribution in [2.24, 2.45) is 5.41 Å². The molecule has 1 spiro atoms. The summed E-state index contributed by atoms with van der Waals surface area (Å²) in [4.78, 5) is 34.5. The summed E-state index contributed by atoms with van der Waals surface area (Å²) in [5.41, 5.74) is 0.940. The zero-order valence-electron chi connectivity index (χ0n) is 48.7. The van der Waals surface area contributed by atoms with Gasteiger partial charge in [0.1, 0.15) is 0 Å². The summed E-state index contributed by atoms with van der Waals surface area (Å²) < 4.78 is 0. The number of likely N-dealkylation sites (tertiary alicyclic amines) is 1. The molecule has 2 aliphatic rings. The van der Waals surface area contributed by atoms with E-state index >= 15 is 0 Å². The van der Waals surface area contributed by atoms with E-state index in [4.69, 9.17) is 4.98 Å². The number of carboxylic acid groups (broad SMARTS) is 1. The van der Waals surface area contributed by atoms with Gasteiger partial charge in [0.05, 0.1) is 11.2 Å². The van der Waals surface area contributed by atoms with E-state index in [9.17, 15) is 14.7 Å². The van der Waals surface area contributed by atoms with Gasteiger partial charge in [0.2, 0.25) is 5.91 Å². The number of nitrogens with zero attached hydrogens (tertiary/aromatic N) is 3. The van der Waals surface area contributed by atoms with Crippen molar-refractivity contribution < 1.29 is 14.7 Å². The van der Waals surface area contributed by atoms with E-state index in [0.29, 0.717) is 19.4 Å². The van der Waals surface area contributed by atoms with Gasteiger partial charge in [-0.25, -0.2) is 0 Å². The smallest absolute Gasteiger partial charge is 0.303 e. The fourth-order valence-corrected chi connectivity index (χ4v) is 12.9. The number of pyridine rings is 1. The highest BCUT2D eigenvalue weighted by Gasteiger charge is 2.45. The van der Waals surface area contributed by atoms with Crippen molar-refractivity contribution in [3.05, 3.63) is 30.1 Å². The van der Waals surface area contributed by atoms with E-state index in [1.165, 1.54) is 301 Å². The third kappa shape index (κ3) is 34.0. The van der Waals surface area contributed by atoms with E-state index in [-0.39, 0.29) is 35.7 Å². The third-order valence-corrected chi connectivity index (χ3v) is 17.8. The molecule has 1 aliphatic heterocycles. The number of aliphatic carboxylic acids is 1. The first kappa shape index (κ1) is 67.4. The van der Waals surface area contributed by atoms with Gasteiger partial charge in [0.25, 0.3) is 0 Å². The Labute approximate surface area is 460 Å². The summed E-state index contributed by atoms with van der Waals surface area (Å²) in [6, 6.07) is 6.43. The summed E-state index contributed by atoms with van der Waals surface area (Å²) in [6.07, 6.45) is 72.5. The van der Waals surface area contributed by atoms with Crippen molar-refractivity contribution >= 4 is 24.3 Å². The predicted molar refractivity (Wildman–Crippen MR) is 318 cm³/mol. The maximum absolute atomic E-state index is 13.7. The van der Waals surface area contributed by atoms with Gasteiger partial charge < -0.3 is 10.0 Å². The summed E-state index contributed by atoms with van der Waals surface area (Å²) in [7, 11) is 4.50. The van der Waals surface area contributed by atoms with E-state index in [2.05, 4.69) is 31.1 Å². The number of carboxylic acids is 1. The number of amides is 1. The average Bonchev–Trinajstić information content (AvgIpc) is 3.69. The topological polar surface area (TPSA) is 73.7 Å². The largest absolute Gasteiger partial charge is 0.481 e. The number of hydrogen-bond acceptors (Lipinski definition) is 4. The van der Waals surface area contributed by atoms with E-state index < -0.39 is 5.97 Å². The highest BCUT2D eigenvalue weighted by molar-refractivity contribution is 5.85. The maximum Gasteiger partial charge on any atom is 0.303 e. The molecule has 6 nitrogen and oxygen atoms in total. The lowest BCUT2D eigenvalue weighted by atomic mass is 9.72. The second-order valence-electron chi connectivity index (χ2n) is 24.4. The first-order valence-corrected chi connectivity index (χ1v) is 32.5. The monoisotopic (exact) mass is 1040 g/mol. The standard InChI is InChI=1S/C66H121N3O3.ClH/c1-68(2)66(62-52-47-50-58-67-62)55-49-46-44-42-40-38-36-34-32-30-28-26-24-22-20-18-16-14-12-10-8-6-4-3-5-7-9-11-13-15-17-19-21-23-25-27-29-31-33-35-37-39-41-43-45-48-54-65(56-57-66)60-63(70)69(61-65)59-51-53-64(71)72;/h47,50,52,58H,3-46,48-49,51,53-57,59-61H2,1-2H3,(H,71,72);1H. The number of aromatic nitrogens is 1. The molecule has 2 heterocycles. The maximum atomic E-state index is 13.7. The Kier molecular flexibility index (Phi) is 42.9. The molecule has 1 aromatic rings. The molecule has 1 N–H and O–H groups in total. The SMILES string of the molecule is CN(C)C1(c2ccccn2)CCCCCCCCCCCCCCCCCCCCCCCCCCCCCCCCCCCCCCCCCCCCCCCCC2(CC1)CC(=O)N(CCCC(=O)O)C2.Cl. The first-order chi connectivity index (χ1) is 35.4. The van der Waals surface area contributed by atoms with Crippen LogP contribution in [0, 0.1) is 5.41 Å². The molecule has 2 atom stereocenters. The van der Waals surface area contributed by atoms with Crippen molar-refractivity contribution in [3.8, 4) is 0 Å². The van der Waals surface area contributed by atoms with Gasteiger partial charge in [-0.1, -0.05) is 301 Å². The normalized spacial score (nSPS) is 25.4. The Morgan fingerprint density at radius 3 is 1.08 bits per heavy atom. The highest BCUT2D eigenvalue weighted by Crippen LogP contribution is 2.46. The molecule has 0 aromatic carbocycles. The molecule has 426 valence electrons. The van der Waals surface area contributed by atoms with Gasteiger partial charge in [-0.2, -0.15) is 0 Å². The summed E-state index contributed by atoms with van der Waals surface area (Å²) in [5.74, 6) is -0.543. The number of rotatable bonds is 6. The Morgan fingerprint density at radius 2 is 0.795 bits per heavy atom. The van der Waals surface area contributed by atoms with Crippen LogP contribution in [0.3, 0.4) is 0 Å². The van der Waals surface area contributed by atoms with Crippen LogP contribution in [0.25, 0.3) is 0 Å². The van der Waals surface area contributed by atoms with Crippen molar-refractivity contribution in [2.45, 2.75) is 346 Å². The Morgan fingerprint density at radius 1 is 0.479 bits per heavy atom. The molecule has 1 aliphatic carbocycles. The molecule has 1 aromatic heterocycles. The lowest BCUT2D eigenvalue weighted by Gasteiger charge is -2.42. The van der Waals surface area contributed by atoms with Crippen molar-refractivity contribution in [1.29, 1.82) is 0 Å². The number of halogens is 1. The molecule has 7 heteroatoms. The van der Waals surface area contributed by atoms with Gasteiger partial charge in [-0.3, -0.25) is 19.5 Å². The van der Waals surface area contributed by atoms with Gasteiger partial charge >= 0.3 is 5.97 Å². The zero-order valence-corrected chi connectivity index (χ0v) is 49.5. The fraction of sp³-hybridized carbons (Fsp3) is 0.894. The average molecular weight is 1040 g/mol. The lowest BCUT2D eigenvalue weighted by molar-refractivity contribution is -0.137. The molecule has 1 saturated heterocycles. The van der Waals surface area contributed by atoms with Crippen molar-refractivity contribution in [3.63, 3.8) is 0 Å². The molecule has 1 amide bonds. The van der Waals surface area contributed by atoms with Crippen LogP contribution in [0.15, 0.2) is 24.4 Å². The summed E-state index contributed by atoms with van der Waals surface area (Å²) in [5, 5.41) is 9.35. The molecule has 1 saturated carbocycles. The van der Waals surface area contributed by atoms with Crippen LogP contribution in [-0.2, 0) is 15.1 Å². The van der Waals surface area contributed by atoms with Gasteiger partial charge in [0, 0.05) is 32.1 Å². The van der Waals surface area contributed by atoms with Crippen LogP contribution in [0.2, 0.25) is 0 Å². The highest BCUT2D eigenvalue weighted by atomic mass is 35.5. The van der Waals surface area contributed by atoms with Crippen LogP contribution >= 0.6 is 12.4 Å². The molecule has 0 bridgehead atoms. The van der Waals surface area contributed by atoms with E-state index in [0.717, 1.165) is 32.2 Å². The van der Waals surface area contributed by atoms with Gasteiger partial charge in [-0.15, -0.1) is 12.4 Å². The summed E-state index contributed by atoms with van der Waals surface area (Å²) >= 11 is 0. The minimum atomic E-state index is -0.773. The van der Waals surface area contributed by atoms with Crippen LogP contribution < -0.4 is 0 Å². The lowest BCUT2D eigenvalue weighted by Crippen LogP contribution is -2.43. The van der Waals surface area contributed by atoms with E-state index in [1.807, 2.05) is 17.2 Å². The zero-order chi connectivity index (χ0) is 51.3. The quantitative estimate of drug-likeness (QED) is 0.307. The first-order valence-electron chi connectivity index (χ1n) is 32.5. The predicted octanol–water partition coefficient (Wildman–Crippen LogP) is 20.9. The molecule has 3 rings (SSSR count). The minimum absolute atomic E-state index is 0. The Balaban J connectivity index is 0.0000183. The Hall–Kier alpha value is -1.66. The van der Waals surface area contributed by atoms with Crippen LogP contribution in [0.4, 0.5) is 0 Å². The van der Waals surface area contributed by atoms with Gasteiger partial charge in [-0.05, 0) is 63.7 Å². The second kappa shape index (κ2) is 46.4. The Bertz CT molecular complexity index is 1390. The molecule has 2 unspecified atom stereocenters. The van der Waals surface area contributed by atoms with Crippen LogP contribution in [0.5, 0.6) is 0 Å². The third-order valence-electron chi connectivity index (χ3n) is 17.8. The number of carbonyl (C=O) groups excluding carboxylic acids is 1. The molecule has 2 fully saturated rings. The van der Waals surface area contributed by atoms with Crippen molar-refractivity contribution in [2.75, 3.05) is 27.2 Å².